The fourth-order valence-corrected chi connectivity index (χ4v) is 1.43. The lowest BCUT2D eigenvalue weighted by Crippen LogP contribution is -2.33. The van der Waals surface area contributed by atoms with Crippen molar-refractivity contribution in [1.29, 1.82) is 5.26 Å². The number of carbonyl (C=O) groups is 1. The summed E-state index contributed by atoms with van der Waals surface area (Å²) in [6.07, 6.45) is 1.49. The Balaban J connectivity index is 4.14. The van der Waals surface area contributed by atoms with Crippen LogP contribution >= 0.6 is 0 Å². The lowest BCUT2D eigenvalue weighted by molar-refractivity contribution is -0.117. The Kier molecular flexibility index (Phi) is 8.67. The number of nitriles is 1. The monoisotopic (exact) mass is 252 g/mol. The molecule has 0 aromatic rings. The Morgan fingerprint density at radius 3 is 2.44 bits per heavy atom. The van der Waals surface area contributed by atoms with Gasteiger partial charge < -0.3 is 15.5 Å². The molecule has 5 nitrogen and oxygen atoms in total. The third-order valence-electron chi connectivity index (χ3n) is 2.50. The minimum atomic E-state index is -0.331. The highest BCUT2D eigenvalue weighted by Crippen LogP contribution is 1.92. The highest BCUT2D eigenvalue weighted by atomic mass is 16.1. The Morgan fingerprint density at radius 2 is 2.00 bits per heavy atom. The number of nitrogens with zero attached hydrogens (tertiary/aromatic N) is 2. The molecule has 2 N–H and O–H groups in total. The summed E-state index contributed by atoms with van der Waals surface area (Å²) < 4.78 is 0. The molecule has 0 fully saturated rings. The second-order valence-corrected chi connectivity index (χ2v) is 4.28. The summed E-state index contributed by atoms with van der Waals surface area (Å²) in [7, 11) is 0. The van der Waals surface area contributed by atoms with Crippen LogP contribution in [0.15, 0.2) is 11.8 Å². The zero-order valence-electron chi connectivity index (χ0n) is 11.8. The Bertz CT molecular complexity index is 313. The zero-order chi connectivity index (χ0) is 14.0. The van der Waals surface area contributed by atoms with Gasteiger partial charge in [0.2, 0.25) is 0 Å². The molecule has 0 unspecified atom stereocenters. The number of hydrogen-bond acceptors (Lipinski definition) is 4. The quantitative estimate of drug-likeness (QED) is 0.382. The van der Waals surface area contributed by atoms with Gasteiger partial charge in [0.1, 0.15) is 11.6 Å². The SMILES string of the molecule is CCN(CC)CCN/C=C(/C#N)C(=O)NC(C)C. The van der Waals surface area contributed by atoms with Gasteiger partial charge in [-0.05, 0) is 26.9 Å². The molecular weight excluding hydrogens is 228 g/mol. The van der Waals surface area contributed by atoms with Crippen molar-refractivity contribution in [3.05, 3.63) is 11.8 Å². The number of hydrogen-bond donors (Lipinski definition) is 2. The van der Waals surface area contributed by atoms with E-state index >= 15 is 0 Å². The van der Waals surface area contributed by atoms with Gasteiger partial charge in [0, 0.05) is 25.3 Å². The maximum absolute atomic E-state index is 11.6. The minimum Gasteiger partial charge on any atom is -0.388 e. The van der Waals surface area contributed by atoms with E-state index in [4.69, 9.17) is 5.26 Å². The molecule has 102 valence electrons. The Hall–Kier alpha value is -1.54. The second kappa shape index (κ2) is 9.49. The molecule has 0 aromatic carbocycles. The van der Waals surface area contributed by atoms with Crippen molar-refractivity contribution in [3.63, 3.8) is 0 Å². The van der Waals surface area contributed by atoms with Crippen molar-refractivity contribution in [1.82, 2.24) is 15.5 Å². The van der Waals surface area contributed by atoms with E-state index in [1.165, 1.54) is 6.20 Å². The molecule has 0 aliphatic carbocycles. The van der Waals surface area contributed by atoms with Crippen molar-refractivity contribution >= 4 is 5.91 Å². The molecule has 0 aliphatic heterocycles. The molecule has 0 heterocycles. The topological polar surface area (TPSA) is 68.2 Å². The van der Waals surface area contributed by atoms with Crippen LogP contribution in [0.1, 0.15) is 27.7 Å². The zero-order valence-corrected chi connectivity index (χ0v) is 11.8. The summed E-state index contributed by atoms with van der Waals surface area (Å²) in [4.78, 5) is 13.8. The molecule has 0 saturated carbocycles. The lowest BCUT2D eigenvalue weighted by atomic mass is 10.2. The van der Waals surface area contributed by atoms with E-state index in [0.717, 1.165) is 26.2 Å². The molecule has 5 heteroatoms. The molecule has 0 saturated heterocycles. The summed E-state index contributed by atoms with van der Waals surface area (Å²) >= 11 is 0. The first-order valence-electron chi connectivity index (χ1n) is 6.41. The van der Waals surface area contributed by atoms with E-state index in [1.807, 2.05) is 19.9 Å². The van der Waals surface area contributed by atoms with Gasteiger partial charge in [0.15, 0.2) is 0 Å². The number of carbonyl (C=O) groups excluding carboxylic acids is 1. The standard InChI is InChI=1S/C13H24N4O/c1-5-17(6-2)8-7-15-10-12(9-14)13(18)16-11(3)4/h10-11,15H,5-8H2,1-4H3,(H,16,18)/b12-10-. The molecular formula is C13H24N4O. The maximum Gasteiger partial charge on any atom is 0.263 e. The van der Waals surface area contributed by atoms with Crippen LogP contribution in [-0.4, -0.2) is 43.0 Å². The first-order chi connectivity index (χ1) is 8.54. The predicted octanol–water partition coefficient (Wildman–Crippen LogP) is 0.850. The third-order valence-corrected chi connectivity index (χ3v) is 2.50. The van der Waals surface area contributed by atoms with Crippen LogP contribution in [0.5, 0.6) is 0 Å². The summed E-state index contributed by atoms with van der Waals surface area (Å²) in [5, 5.41) is 14.6. The van der Waals surface area contributed by atoms with E-state index in [0.29, 0.717) is 0 Å². The van der Waals surface area contributed by atoms with Gasteiger partial charge in [-0.25, -0.2) is 0 Å². The summed E-state index contributed by atoms with van der Waals surface area (Å²) in [5.41, 5.74) is 0.114. The predicted molar refractivity (Wildman–Crippen MR) is 72.8 cm³/mol. The highest BCUT2D eigenvalue weighted by Gasteiger charge is 2.09. The number of amides is 1. The van der Waals surface area contributed by atoms with Gasteiger partial charge in [-0.2, -0.15) is 5.26 Å². The molecule has 0 bridgehead atoms. The third kappa shape index (κ3) is 6.92. The number of likely N-dealkylation sites (N-methyl/N-ethyl adjacent to an activating group) is 1. The Morgan fingerprint density at radius 1 is 1.39 bits per heavy atom. The minimum absolute atomic E-state index is 0.0323. The molecule has 1 amide bonds. The van der Waals surface area contributed by atoms with E-state index < -0.39 is 0 Å². The molecule has 0 spiro atoms. The van der Waals surface area contributed by atoms with Crippen molar-refractivity contribution in [2.75, 3.05) is 26.2 Å². The van der Waals surface area contributed by atoms with Crippen LogP contribution in [0, 0.1) is 11.3 Å². The second-order valence-electron chi connectivity index (χ2n) is 4.28. The fourth-order valence-electron chi connectivity index (χ4n) is 1.43. The van der Waals surface area contributed by atoms with Gasteiger partial charge in [-0.3, -0.25) is 4.79 Å². The Labute approximate surface area is 110 Å². The van der Waals surface area contributed by atoms with Gasteiger partial charge in [-0.1, -0.05) is 13.8 Å². The fraction of sp³-hybridized carbons (Fsp3) is 0.692. The first-order valence-corrected chi connectivity index (χ1v) is 6.41. The van der Waals surface area contributed by atoms with Crippen LogP contribution in [-0.2, 0) is 4.79 Å². The maximum atomic E-state index is 11.6. The van der Waals surface area contributed by atoms with Gasteiger partial charge in [-0.15, -0.1) is 0 Å². The van der Waals surface area contributed by atoms with Gasteiger partial charge >= 0.3 is 0 Å². The molecule has 0 aromatic heterocycles. The lowest BCUT2D eigenvalue weighted by Gasteiger charge is -2.17. The van der Waals surface area contributed by atoms with Crippen LogP contribution < -0.4 is 10.6 Å². The van der Waals surface area contributed by atoms with Gasteiger partial charge in [0.25, 0.3) is 5.91 Å². The van der Waals surface area contributed by atoms with Crippen LogP contribution in [0.25, 0.3) is 0 Å². The molecule has 18 heavy (non-hydrogen) atoms. The van der Waals surface area contributed by atoms with Crippen LogP contribution in [0.2, 0.25) is 0 Å². The average molecular weight is 252 g/mol. The van der Waals surface area contributed by atoms with Crippen molar-refractivity contribution < 1.29 is 4.79 Å². The van der Waals surface area contributed by atoms with Crippen LogP contribution in [0.4, 0.5) is 0 Å². The van der Waals surface area contributed by atoms with Gasteiger partial charge in [0.05, 0.1) is 0 Å². The van der Waals surface area contributed by atoms with E-state index in [9.17, 15) is 4.79 Å². The highest BCUT2D eigenvalue weighted by molar-refractivity contribution is 5.97. The number of nitrogens with one attached hydrogen (secondary N) is 2. The average Bonchev–Trinajstić information content (AvgIpc) is 2.33. The van der Waals surface area contributed by atoms with E-state index in [2.05, 4.69) is 29.4 Å². The van der Waals surface area contributed by atoms with Crippen LogP contribution in [0.3, 0.4) is 0 Å². The largest absolute Gasteiger partial charge is 0.388 e. The molecule has 0 aliphatic rings. The molecule has 0 atom stereocenters. The smallest absolute Gasteiger partial charge is 0.263 e. The normalized spacial score (nSPS) is 11.5. The van der Waals surface area contributed by atoms with E-state index in [1.54, 1.807) is 0 Å². The van der Waals surface area contributed by atoms with Crippen molar-refractivity contribution in [2.24, 2.45) is 0 Å². The molecule has 0 rings (SSSR count). The summed E-state index contributed by atoms with van der Waals surface area (Å²) in [5.74, 6) is -0.331. The summed E-state index contributed by atoms with van der Waals surface area (Å²) in [6.45, 7) is 11.6. The molecule has 0 radical (unpaired) electrons. The van der Waals surface area contributed by atoms with Crippen molar-refractivity contribution in [3.8, 4) is 6.07 Å². The van der Waals surface area contributed by atoms with E-state index in [-0.39, 0.29) is 17.5 Å². The summed E-state index contributed by atoms with van der Waals surface area (Å²) in [6, 6.07) is 1.93. The first kappa shape index (κ1) is 16.5. The number of rotatable bonds is 8. The van der Waals surface area contributed by atoms with Crippen molar-refractivity contribution in [2.45, 2.75) is 33.7 Å².